The Balaban J connectivity index is 1.39. The van der Waals surface area contributed by atoms with Crippen molar-refractivity contribution in [1.29, 1.82) is 0 Å². The number of rotatable bonds is 3. The second kappa shape index (κ2) is 7.74. The van der Waals surface area contributed by atoms with Crippen molar-refractivity contribution in [1.82, 2.24) is 9.88 Å². The van der Waals surface area contributed by atoms with Crippen molar-refractivity contribution in [3.8, 4) is 11.5 Å². The molecule has 1 unspecified atom stereocenters. The topological polar surface area (TPSA) is 51.7 Å². The maximum atomic E-state index is 13.2. The minimum atomic E-state index is 0.0857. The van der Waals surface area contributed by atoms with Gasteiger partial charge in [-0.25, -0.2) is 0 Å². The van der Waals surface area contributed by atoms with Gasteiger partial charge in [-0.1, -0.05) is 30.3 Å². The first-order valence-corrected chi connectivity index (χ1v) is 10.3. The van der Waals surface area contributed by atoms with Crippen LogP contribution in [0.3, 0.4) is 0 Å². The smallest absolute Gasteiger partial charge is 0.227 e. The third kappa shape index (κ3) is 3.53. The fourth-order valence-corrected chi connectivity index (χ4v) is 4.37. The number of pyridine rings is 1. The summed E-state index contributed by atoms with van der Waals surface area (Å²) in [4.78, 5) is 19.7. The molecule has 29 heavy (non-hydrogen) atoms. The first kappa shape index (κ1) is 18.0. The Morgan fingerprint density at radius 1 is 1.03 bits per heavy atom. The molecule has 0 aliphatic carbocycles. The van der Waals surface area contributed by atoms with Gasteiger partial charge in [-0.2, -0.15) is 0 Å². The molecule has 5 nitrogen and oxygen atoms in total. The number of nitrogens with zero attached hydrogens (tertiary/aromatic N) is 2. The number of fused-ring (bicyclic) bond motifs is 2. The highest BCUT2D eigenvalue weighted by Gasteiger charge is 2.31. The molecule has 5 rings (SSSR count). The average Bonchev–Trinajstić information content (AvgIpc) is 3.13. The van der Waals surface area contributed by atoms with Crippen LogP contribution in [0.25, 0.3) is 10.9 Å². The molecule has 0 N–H and O–H groups in total. The van der Waals surface area contributed by atoms with Crippen molar-refractivity contribution in [3.05, 3.63) is 65.9 Å². The maximum absolute atomic E-state index is 13.2. The molecule has 1 amide bonds. The van der Waals surface area contributed by atoms with Gasteiger partial charge in [0, 0.05) is 24.5 Å². The zero-order chi connectivity index (χ0) is 19.6. The molecule has 1 fully saturated rings. The molecule has 148 valence electrons. The molecule has 0 radical (unpaired) electrons. The number of likely N-dealkylation sites (tertiary alicyclic amines) is 1. The van der Waals surface area contributed by atoms with Crippen LogP contribution in [-0.4, -0.2) is 35.5 Å². The number of hydrogen-bond donors (Lipinski definition) is 0. The fraction of sp³-hybridized carbons (Fsp3) is 0.333. The van der Waals surface area contributed by atoms with Gasteiger partial charge >= 0.3 is 0 Å². The van der Waals surface area contributed by atoms with Gasteiger partial charge in [-0.3, -0.25) is 9.78 Å². The molecular weight excluding hydrogens is 364 g/mol. The summed E-state index contributed by atoms with van der Waals surface area (Å²) in [6.07, 6.45) is 5.02. The summed E-state index contributed by atoms with van der Waals surface area (Å²) >= 11 is 0. The molecule has 1 saturated heterocycles. The van der Waals surface area contributed by atoms with Gasteiger partial charge in [0.2, 0.25) is 5.91 Å². The van der Waals surface area contributed by atoms with Gasteiger partial charge in [0.15, 0.2) is 11.5 Å². The van der Waals surface area contributed by atoms with E-state index >= 15 is 0 Å². The summed E-state index contributed by atoms with van der Waals surface area (Å²) < 4.78 is 11.6. The van der Waals surface area contributed by atoms with Gasteiger partial charge in [0.05, 0.1) is 31.2 Å². The van der Waals surface area contributed by atoms with E-state index in [1.165, 1.54) is 0 Å². The predicted octanol–water partition coefficient (Wildman–Crippen LogP) is 4.30. The molecule has 2 aliphatic rings. The quantitative estimate of drug-likeness (QED) is 0.671. The number of aromatic nitrogens is 1. The number of carbonyl (C=O) groups excluding carboxylic acids is 1. The summed E-state index contributed by atoms with van der Waals surface area (Å²) in [5.74, 6) is 1.74. The lowest BCUT2D eigenvalue weighted by Crippen LogP contribution is -2.32. The van der Waals surface area contributed by atoms with E-state index in [4.69, 9.17) is 9.47 Å². The van der Waals surface area contributed by atoms with Crippen molar-refractivity contribution in [2.75, 3.05) is 19.8 Å². The molecule has 5 heteroatoms. The Bertz CT molecular complexity index is 1040. The zero-order valence-electron chi connectivity index (χ0n) is 16.3. The Kier molecular flexibility index (Phi) is 4.80. The molecule has 1 aromatic heterocycles. The van der Waals surface area contributed by atoms with E-state index in [1.54, 1.807) is 6.20 Å². The minimum absolute atomic E-state index is 0.0857. The summed E-state index contributed by atoms with van der Waals surface area (Å²) in [5, 5.41) is 1.07. The number of ether oxygens (including phenoxy) is 2. The van der Waals surface area contributed by atoms with Gasteiger partial charge in [0.1, 0.15) is 0 Å². The van der Waals surface area contributed by atoms with E-state index in [2.05, 4.69) is 17.1 Å². The Morgan fingerprint density at radius 2 is 1.90 bits per heavy atom. The van der Waals surface area contributed by atoms with Crippen LogP contribution in [0.15, 0.2) is 54.7 Å². The van der Waals surface area contributed by atoms with Crippen molar-refractivity contribution >= 4 is 16.8 Å². The molecule has 1 atom stereocenters. The number of hydrogen-bond acceptors (Lipinski definition) is 4. The van der Waals surface area contributed by atoms with Crippen LogP contribution in [0.1, 0.15) is 36.4 Å². The van der Waals surface area contributed by atoms with Gasteiger partial charge in [0.25, 0.3) is 0 Å². The predicted molar refractivity (Wildman–Crippen MR) is 111 cm³/mol. The molecule has 2 aliphatic heterocycles. The second-order valence-corrected chi connectivity index (χ2v) is 7.67. The minimum Gasteiger partial charge on any atom is -0.490 e. The first-order valence-electron chi connectivity index (χ1n) is 10.3. The molecule has 0 bridgehead atoms. The van der Waals surface area contributed by atoms with Crippen molar-refractivity contribution < 1.29 is 14.3 Å². The summed E-state index contributed by atoms with van der Waals surface area (Å²) in [5.41, 5.74) is 3.02. The third-order valence-corrected chi connectivity index (χ3v) is 5.79. The Labute approximate surface area is 170 Å². The van der Waals surface area contributed by atoms with Crippen LogP contribution in [0.5, 0.6) is 11.5 Å². The van der Waals surface area contributed by atoms with Crippen molar-refractivity contribution in [2.24, 2.45) is 0 Å². The van der Waals surface area contributed by atoms with Crippen molar-refractivity contribution in [3.63, 3.8) is 0 Å². The highest BCUT2D eigenvalue weighted by molar-refractivity contribution is 5.87. The van der Waals surface area contributed by atoms with E-state index < -0.39 is 0 Å². The highest BCUT2D eigenvalue weighted by atomic mass is 16.5. The lowest BCUT2D eigenvalue weighted by atomic mass is 10.0. The van der Waals surface area contributed by atoms with E-state index in [1.807, 2.05) is 41.3 Å². The lowest BCUT2D eigenvalue weighted by Gasteiger charge is -2.26. The van der Waals surface area contributed by atoms with Crippen LogP contribution < -0.4 is 9.47 Å². The monoisotopic (exact) mass is 388 g/mol. The second-order valence-electron chi connectivity index (χ2n) is 7.67. The summed E-state index contributed by atoms with van der Waals surface area (Å²) in [7, 11) is 0. The molecule has 0 spiro atoms. The van der Waals surface area contributed by atoms with Gasteiger partial charge in [-0.05, 0) is 42.2 Å². The van der Waals surface area contributed by atoms with Crippen LogP contribution in [0.4, 0.5) is 0 Å². The molecule has 3 heterocycles. The SMILES string of the molecule is O=C(Cc1cccc2cccnc12)N1CCCC1c1ccc2c(c1)OCCCO2. The van der Waals surface area contributed by atoms with Gasteiger partial charge < -0.3 is 14.4 Å². The Morgan fingerprint density at radius 3 is 2.83 bits per heavy atom. The van der Waals surface area contributed by atoms with E-state index in [0.717, 1.165) is 59.3 Å². The fourth-order valence-electron chi connectivity index (χ4n) is 4.37. The lowest BCUT2D eigenvalue weighted by molar-refractivity contribution is -0.131. The summed E-state index contributed by atoms with van der Waals surface area (Å²) in [6.45, 7) is 2.13. The average molecular weight is 388 g/mol. The number of carbonyl (C=O) groups is 1. The number of benzene rings is 2. The molecule has 2 aromatic carbocycles. The molecule has 0 saturated carbocycles. The number of para-hydroxylation sites is 1. The zero-order valence-corrected chi connectivity index (χ0v) is 16.3. The molecular formula is C24H24N2O3. The van der Waals surface area contributed by atoms with E-state index in [-0.39, 0.29) is 11.9 Å². The van der Waals surface area contributed by atoms with E-state index in [0.29, 0.717) is 19.6 Å². The van der Waals surface area contributed by atoms with E-state index in [9.17, 15) is 4.79 Å². The van der Waals surface area contributed by atoms with Crippen LogP contribution in [0.2, 0.25) is 0 Å². The van der Waals surface area contributed by atoms with Crippen molar-refractivity contribution in [2.45, 2.75) is 31.7 Å². The standard InChI is InChI=1S/C24H24N2O3/c27-23(16-19-6-1-5-17-7-2-11-25-24(17)19)26-12-3-8-20(26)18-9-10-21-22(15-18)29-14-4-13-28-21/h1-2,5-7,9-11,15,20H,3-4,8,12-14,16H2. The van der Waals surface area contributed by atoms with Crippen LogP contribution in [0, 0.1) is 0 Å². The normalized spacial score (nSPS) is 18.6. The highest BCUT2D eigenvalue weighted by Crippen LogP contribution is 2.38. The molecule has 3 aromatic rings. The largest absolute Gasteiger partial charge is 0.490 e. The first-order chi connectivity index (χ1) is 14.3. The number of amides is 1. The van der Waals surface area contributed by atoms with Crippen LogP contribution >= 0.6 is 0 Å². The maximum Gasteiger partial charge on any atom is 0.227 e. The summed E-state index contributed by atoms with van der Waals surface area (Å²) in [6, 6.07) is 16.2. The third-order valence-electron chi connectivity index (χ3n) is 5.79. The van der Waals surface area contributed by atoms with Crippen LogP contribution in [-0.2, 0) is 11.2 Å². The Hall–Kier alpha value is -3.08. The van der Waals surface area contributed by atoms with Gasteiger partial charge in [-0.15, -0.1) is 0 Å².